The Morgan fingerprint density at radius 2 is 2.17 bits per heavy atom. The molecule has 4 nitrogen and oxygen atoms in total. The van der Waals surface area contributed by atoms with Crippen molar-refractivity contribution in [2.75, 3.05) is 19.8 Å². The highest BCUT2D eigenvalue weighted by Crippen LogP contribution is 2.34. The van der Waals surface area contributed by atoms with Crippen LogP contribution in [0.3, 0.4) is 0 Å². The van der Waals surface area contributed by atoms with Crippen molar-refractivity contribution in [2.45, 2.75) is 75.9 Å². The molecular formula is C17H34O4Si2. The van der Waals surface area contributed by atoms with Gasteiger partial charge < -0.3 is 18.0 Å². The van der Waals surface area contributed by atoms with Gasteiger partial charge in [0, 0.05) is 19.8 Å². The molecule has 4 unspecified atom stereocenters. The molecule has 2 heterocycles. The first-order chi connectivity index (χ1) is 11.2. The molecule has 2 aliphatic rings. The lowest BCUT2D eigenvalue weighted by molar-refractivity contribution is 0.0284. The van der Waals surface area contributed by atoms with Gasteiger partial charge in [-0.15, -0.1) is 6.58 Å². The van der Waals surface area contributed by atoms with Gasteiger partial charge in [0.1, 0.15) is 5.73 Å². The van der Waals surface area contributed by atoms with Gasteiger partial charge in [0.25, 0.3) is 0 Å². The molecule has 0 aromatic rings. The molecule has 0 aromatic carbocycles. The first kappa shape index (κ1) is 19.3. The summed E-state index contributed by atoms with van der Waals surface area (Å²) >= 11 is 0. The van der Waals surface area contributed by atoms with Gasteiger partial charge in [-0.1, -0.05) is 12.5 Å². The molecule has 6 heteroatoms. The second-order valence-corrected chi connectivity index (χ2v) is 12.6. The van der Waals surface area contributed by atoms with Crippen molar-refractivity contribution in [3.63, 3.8) is 0 Å². The van der Waals surface area contributed by atoms with Crippen molar-refractivity contribution in [1.82, 2.24) is 0 Å². The van der Waals surface area contributed by atoms with Gasteiger partial charge >= 0.3 is 8.56 Å². The van der Waals surface area contributed by atoms with Crippen LogP contribution in [0.5, 0.6) is 0 Å². The molecule has 0 radical (unpaired) electrons. The second kappa shape index (κ2) is 10.1. The molecule has 0 aliphatic carbocycles. The quantitative estimate of drug-likeness (QED) is 0.465. The topological polar surface area (TPSA) is 36.9 Å². The van der Waals surface area contributed by atoms with Crippen LogP contribution in [0.25, 0.3) is 0 Å². The summed E-state index contributed by atoms with van der Waals surface area (Å²) in [5.74, 6) is 0. The molecule has 0 amide bonds. The predicted octanol–water partition coefficient (Wildman–Crippen LogP) is 3.70. The van der Waals surface area contributed by atoms with Crippen molar-refractivity contribution in [3.05, 3.63) is 12.7 Å². The summed E-state index contributed by atoms with van der Waals surface area (Å²) in [6.07, 6.45) is 7.91. The minimum atomic E-state index is -2.33. The average Bonchev–Trinajstić information content (AvgIpc) is 2.60. The van der Waals surface area contributed by atoms with E-state index in [1.165, 1.54) is 24.9 Å². The summed E-state index contributed by atoms with van der Waals surface area (Å²) in [4.78, 5) is 0. The highest BCUT2D eigenvalue weighted by atomic mass is 28.4. The fraction of sp³-hybridized carbons (Fsp3) is 0.882. The molecule has 0 N–H and O–H groups in total. The molecule has 4 atom stereocenters. The van der Waals surface area contributed by atoms with Crippen LogP contribution in [0.1, 0.15) is 46.0 Å². The molecular weight excluding hydrogens is 324 g/mol. The predicted molar refractivity (Wildman–Crippen MR) is 98.5 cm³/mol. The second-order valence-electron chi connectivity index (χ2n) is 6.54. The summed E-state index contributed by atoms with van der Waals surface area (Å²) in [6, 6.07) is 3.55. The maximum atomic E-state index is 6.47. The van der Waals surface area contributed by atoms with E-state index in [1.54, 1.807) is 0 Å². The van der Waals surface area contributed by atoms with E-state index in [9.17, 15) is 0 Å². The number of hydrogen-bond acceptors (Lipinski definition) is 4. The fourth-order valence-electron chi connectivity index (χ4n) is 3.77. The van der Waals surface area contributed by atoms with Crippen molar-refractivity contribution in [3.8, 4) is 0 Å². The fourth-order valence-corrected chi connectivity index (χ4v) is 10.6. The molecule has 2 fully saturated rings. The summed E-state index contributed by atoms with van der Waals surface area (Å²) in [6.45, 7) is 10.5. The van der Waals surface area contributed by atoms with Crippen LogP contribution in [-0.2, 0) is 18.0 Å². The molecule has 0 spiro atoms. The van der Waals surface area contributed by atoms with E-state index >= 15 is 0 Å². The zero-order chi connectivity index (χ0) is 16.5. The van der Waals surface area contributed by atoms with E-state index in [4.69, 9.17) is 18.0 Å². The zero-order valence-corrected chi connectivity index (χ0v) is 17.1. The lowest BCUT2D eigenvalue weighted by atomic mass is 10.2. The third-order valence-electron chi connectivity index (χ3n) is 4.90. The first-order valence-corrected chi connectivity index (χ1v) is 13.6. The van der Waals surface area contributed by atoms with E-state index in [0.717, 1.165) is 38.5 Å². The Kier molecular flexibility index (Phi) is 8.50. The zero-order valence-electron chi connectivity index (χ0n) is 14.9. The Balaban J connectivity index is 2.02. The Hall–Kier alpha value is 0.0138. The molecule has 0 bridgehead atoms. The van der Waals surface area contributed by atoms with Crippen LogP contribution in [0, 0.1) is 0 Å². The largest absolute Gasteiger partial charge is 0.420 e. The summed E-state index contributed by atoms with van der Waals surface area (Å²) in [5.41, 5.74) is 0.133. The minimum Gasteiger partial charge on any atom is -0.420 e. The normalized spacial score (nSPS) is 33.3. The smallest absolute Gasteiger partial charge is 0.368 e. The van der Waals surface area contributed by atoms with Crippen LogP contribution >= 0.6 is 0 Å². The monoisotopic (exact) mass is 358 g/mol. The van der Waals surface area contributed by atoms with Crippen LogP contribution in [0.15, 0.2) is 12.7 Å². The lowest BCUT2D eigenvalue weighted by Crippen LogP contribution is -2.58. The Morgan fingerprint density at radius 1 is 1.30 bits per heavy atom. The van der Waals surface area contributed by atoms with Gasteiger partial charge in [-0.25, -0.2) is 0 Å². The maximum absolute atomic E-state index is 6.47. The molecule has 2 saturated heterocycles. The molecule has 2 aliphatic heterocycles. The number of rotatable bonds is 9. The van der Waals surface area contributed by atoms with Gasteiger partial charge in [0.05, 0.1) is 6.10 Å². The molecule has 0 aromatic heterocycles. The van der Waals surface area contributed by atoms with Crippen molar-refractivity contribution < 1.29 is 18.0 Å². The van der Waals surface area contributed by atoms with Gasteiger partial charge in [-0.3, -0.25) is 0 Å². The van der Waals surface area contributed by atoms with Crippen molar-refractivity contribution >= 4 is 17.6 Å². The Bertz CT molecular complexity index is 345. The van der Waals surface area contributed by atoms with Crippen molar-refractivity contribution in [2.24, 2.45) is 0 Å². The van der Waals surface area contributed by atoms with Gasteiger partial charge in [-0.05, 0) is 57.7 Å². The van der Waals surface area contributed by atoms with Crippen LogP contribution < -0.4 is 0 Å². The Labute approximate surface area is 144 Å². The third kappa shape index (κ3) is 5.51. The van der Waals surface area contributed by atoms with Gasteiger partial charge in [-0.2, -0.15) is 0 Å². The molecule has 0 saturated carbocycles. The van der Waals surface area contributed by atoms with E-state index in [1.807, 2.05) is 6.08 Å². The summed E-state index contributed by atoms with van der Waals surface area (Å²) in [7, 11) is -3.35. The minimum absolute atomic E-state index is 0.132. The average molecular weight is 359 g/mol. The molecule has 2 rings (SSSR count). The standard InChI is InChI=1S/C17H34O4Si2/c1-4-16-10-9-15-23(21-16,20-6-3)17(18-5-2)11-14-22-13-8-7-12-19-22/h4,16-17,22H,1,5-15H2,2-3H3. The SMILES string of the molecule is C=CC1CCC[Si](OCC)(C(CC[SiH]2CCCCO2)OCC)O1. The van der Waals surface area contributed by atoms with E-state index in [2.05, 4.69) is 20.4 Å². The van der Waals surface area contributed by atoms with Gasteiger partial charge in [0.2, 0.25) is 0 Å². The third-order valence-corrected chi connectivity index (χ3v) is 11.6. The number of hydrogen-bond donors (Lipinski definition) is 0. The van der Waals surface area contributed by atoms with Crippen molar-refractivity contribution in [1.29, 1.82) is 0 Å². The molecule has 23 heavy (non-hydrogen) atoms. The first-order valence-electron chi connectivity index (χ1n) is 9.41. The Morgan fingerprint density at radius 3 is 2.83 bits per heavy atom. The van der Waals surface area contributed by atoms with Crippen LogP contribution in [0.4, 0.5) is 0 Å². The van der Waals surface area contributed by atoms with E-state index in [-0.39, 0.29) is 11.8 Å². The van der Waals surface area contributed by atoms with Crippen LogP contribution in [0.2, 0.25) is 18.1 Å². The summed E-state index contributed by atoms with van der Waals surface area (Å²) < 4.78 is 24.9. The summed E-state index contributed by atoms with van der Waals surface area (Å²) in [5, 5.41) is 0. The molecule has 134 valence electrons. The van der Waals surface area contributed by atoms with Gasteiger partial charge in [0.15, 0.2) is 9.04 Å². The van der Waals surface area contributed by atoms with E-state index < -0.39 is 17.6 Å². The maximum Gasteiger partial charge on any atom is 0.368 e. The van der Waals surface area contributed by atoms with E-state index in [0.29, 0.717) is 6.61 Å². The van der Waals surface area contributed by atoms with Crippen LogP contribution in [-0.4, -0.2) is 49.3 Å². The lowest BCUT2D eigenvalue weighted by Gasteiger charge is -2.42. The highest BCUT2D eigenvalue weighted by molar-refractivity contribution is 6.69. The number of ether oxygens (including phenoxy) is 1. The highest BCUT2D eigenvalue weighted by Gasteiger charge is 2.49.